The Morgan fingerprint density at radius 2 is 1.25 bits per heavy atom. The van der Waals surface area contributed by atoms with Gasteiger partial charge >= 0.3 is 5.97 Å². The van der Waals surface area contributed by atoms with Crippen LogP contribution in [0.3, 0.4) is 0 Å². The van der Waals surface area contributed by atoms with Gasteiger partial charge in [0, 0.05) is 5.75 Å². The highest BCUT2D eigenvalue weighted by molar-refractivity contribution is 7.80. The van der Waals surface area contributed by atoms with E-state index in [1.54, 1.807) is 5.06 Å². The predicted octanol–water partition coefficient (Wildman–Crippen LogP) is 4.22. The van der Waals surface area contributed by atoms with Gasteiger partial charge in [-0.05, 0) is 16.7 Å². The molecule has 0 heterocycles. The van der Waals surface area contributed by atoms with Crippen molar-refractivity contribution in [3.8, 4) is 0 Å². The third kappa shape index (κ3) is 3.56. The Labute approximate surface area is 170 Å². The van der Waals surface area contributed by atoms with E-state index in [0.29, 0.717) is 0 Å². The molecule has 3 rings (SSSR count). The van der Waals surface area contributed by atoms with E-state index in [4.69, 9.17) is 4.84 Å². The van der Waals surface area contributed by atoms with Crippen LogP contribution in [0.2, 0.25) is 0 Å². The van der Waals surface area contributed by atoms with Gasteiger partial charge in [0.25, 0.3) is 0 Å². The Morgan fingerprint density at radius 1 is 0.893 bits per heavy atom. The standard InChI is InChI=1S/C23H23NO3S/c1-27-24(21(17-28)22(25)26)23(18-11-5-2-6-12-18,19-13-7-3-8-14-19)20-15-9-4-10-16-20/h2-16,21,28H,17H2,1H3,(H,25,26). The smallest absolute Gasteiger partial charge is 0.324 e. The lowest BCUT2D eigenvalue weighted by Crippen LogP contribution is -2.55. The zero-order chi connectivity index (χ0) is 20.0. The van der Waals surface area contributed by atoms with Crippen molar-refractivity contribution >= 4 is 18.6 Å². The minimum Gasteiger partial charge on any atom is -0.480 e. The van der Waals surface area contributed by atoms with Crippen molar-refractivity contribution in [2.24, 2.45) is 0 Å². The lowest BCUT2D eigenvalue weighted by Gasteiger charge is -2.45. The summed E-state index contributed by atoms with van der Waals surface area (Å²) >= 11 is 4.31. The van der Waals surface area contributed by atoms with E-state index >= 15 is 0 Å². The molecule has 0 amide bonds. The van der Waals surface area contributed by atoms with Crippen molar-refractivity contribution in [3.05, 3.63) is 108 Å². The number of rotatable bonds is 8. The molecule has 5 heteroatoms. The summed E-state index contributed by atoms with van der Waals surface area (Å²) in [6.45, 7) is 0. The summed E-state index contributed by atoms with van der Waals surface area (Å²) in [6, 6.07) is 28.5. The zero-order valence-corrected chi connectivity index (χ0v) is 16.5. The summed E-state index contributed by atoms with van der Waals surface area (Å²) in [5.41, 5.74) is 1.75. The first kappa shape index (κ1) is 20.1. The minimum absolute atomic E-state index is 0.0947. The molecule has 144 valence electrons. The lowest BCUT2D eigenvalue weighted by molar-refractivity contribution is -0.213. The Balaban J connectivity index is 2.41. The molecule has 1 N–H and O–H groups in total. The summed E-state index contributed by atoms with van der Waals surface area (Å²) in [7, 11) is 1.50. The normalized spacial score (nSPS) is 12.7. The van der Waals surface area contributed by atoms with Gasteiger partial charge in [0.05, 0.1) is 7.11 Å². The summed E-state index contributed by atoms with van der Waals surface area (Å²) in [5, 5.41) is 11.5. The van der Waals surface area contributed by atoms with Crippen LogP contribution in [0.1, 0.15) is 16.7 Å². The van der Waals surface area contributed by atoms with E-state index in [0.717, 1.165) is 16.7 Å². The van der Waals surface area contributed by atoms with Crippen LogP contribution in [0.5, 0.6) is 0 Å². The Bertz CT molecular complexity index is 791. The molecule has 0 saturated heterocycles. The molecular weight excluding hydrogens is 370 g/mol. The Morgan fingerprint density at radius 3 is 1.50 bits per heavy atom. The number of carboxylic acids is 1. The molecule has 0 aromatic heterocycles. The zero-order valence-electron chi connectivity index (χ0n) is 15.6. The second-order valence-corrected chi connectivity index (χ2v) is 6.72. The molecule has 0 aliphatic rings. The second-order valence-electron chi connectivity index (χ2n) is 6.35. The van der Waals surface area contributed by atoms with Gasteiger partial charge in [0.1, 0.15) is 11.6 Å². The quantitative estimate of drug-likeness (QED) is 0.342. The SMILES string of the molecule is CON(C(CS)C(=O)O)C(c1ccccc1)(c1ccccc1)c1ccccc1. The summed E-state index contributed by atoms with van der Waals surface area (Å²) < 4.78 is 0. The first-order valence-corrected chi connectivity index (χ1v) is 9.63. The predicted molar refractivity (Wildman–Crippen MR) is 113 cm³/mol. The highest BCUT2D eigenvalue weighted by Gasteiger charge is 2.47. The maximum absolute atomic E-state index is 12.1. The maximum atomic E-state index is 12.1. The summed E-state index contributed by atoms with van der Waals surface area (Å²) in [4.78, 5) is 17.9. The molecule has 0 radical (unpaired) electrons. The number of hydroxylamine groups is 2. The molecule has 3 aromatic carbocycles. The van der Waals surface area contributed by atoms with E-state index in [1.165, 1.54) is 7.11 Å². The summed E-state index contributed by atoms with van der Waals surface area (Å²) in [6.07, 6.45) is 0. The molecule has 3 aromatic rings. The molecule has 1 unspecified atom stereocenters. The van der Waals surface area contributed by atoms with E-state index in [-0.39, 0.29) is 5.75 Å². The number of hydrogen-bond acceptors (Lipinski definition) is 4. The third-order valence-electron chi connectivity index (χ3n) is 4.84. The molecule has 0 saturated carbocycles. The monoisotopic (exact) mass is 393 g/mol. The van der Waals surface area contributed by atoms with Crippen molar-refractivity contribution in [1.29, 1.82) is 0 Å². The molecule has 0 bridgehead atoms. The maximum Gasteiger partial charge on any atom is 0.324 e. The van der Waals surface area contributed by atoms with E-state index in [1.807, 2.05) is 91.0 Å². The van der Waals surface area contributed by atoms with Gasteiger partial charge in [-0.25, -0.2) is 0 Å². The van der Waals surface area contributed by atoms with Crippen LogP contribution in [-0.2, 0) is 15.2 Å². The van der Waals surface area contributed by atoms with Gasteiger partial charge in [-0.3, -0.25) is 9.63 Å². The first-order valence-electron chi connectivity index (χ1n) is 9.00. The number of carboxylic acid groups (broad SMARTS) is 1. The third-order valence-corrected chi connectivity index (χ3v) is 5.19. The Hall–Kier alpha value is -2.60. The van der Waals surface area contributed by atoms with E-state index in [9.17, 15) is 9.90 Å². The fraction of sp³-hybridized carbons (Fsp3) is 0.174. The second kappa shape index (κ2) is 9.06. The number of benzene rings is 3. The van der Waals surface area contributed by atoms with Gasteiger partial charge < -0.3 is 5.11 Å². The van der Waals surface area contributed by atoms with Gasteiger partial charge in [-0.1, -0.05) is 91.0 Å². The molecule has 0 aliphatic heterocycles. The number of hydrogen-bond donors (Lipinski definition) is 2. The highest BCUT2D eigenvalue weighted by Crippen LogP contribution is 2.43. The average Bonchev–Trinajstić information content (AvgIpc) is 2.75. The van der Waals surface area contributed by atoms with Crippen LogP contribution >= 0.6 is 12.6 Å². The van der Waals surface area contributed by atoms with Crippen LogP contribution in [0, 0.1) is 0 Å². The Kier molecular flexibility index (Phi) is 6.52. The molecule has 28 heavy (non-hydrogen) atoms. The van der Waals surface area contributed by atoms with Crippen LogP contribution in [0.15, 0.2) is 91.0 Å². The van der Waals surface area contributed by atoms with E-state index < -0.39 is 17.6 Å². The topological polar surface area (TPSA) is 49.8 Å². The molecule has 4 nitrogen and oxygen atoms in total. The number of thiol groups is 1. The van der Waals surface area contributed by atoms with Crippen molar-refractivity contribution in [2.45, 2.75) is 11.6 Å². The highest BCUT2D eigenvalue weighted by atomic mass is 32.1. The van der Waals surface area contributed by atoms with Crippen LogP contribution in [-0.4, -0.2) is 35.0 Å². The van der Waals surface area contributed by atoms with Crippen LogP contribution < -0.4 is 0 Å². The average molecular weight is 394 g/mol. The van der Waals surface area contributed by atoms with Crippen molar-refractivity contribution in [1.82, 2.24) is 5.06 Å². The minimum atomic E-state index is -0.996. The lowest BCUT2D eigenvalue weighted by atomic mass is 9.76. The molecule has 0 spiro atoms. The fourth-order valence-corrected chi connectivity index (χ4v) is 3.97. The molecular formula is C23H23NO3S. The number of nitrogens with zero attached hydrogens (tertiary/aromatic N) is 1. The van der Waals surface area contributed by atoms with Gasteiger partial charge in [0.15, 0.2) is 0 Å². The van der Waals surface area contributed by atoms with E-state index in [2.05, 4.69) is 12.6 Å². The van der Waals surface area contributed by atoms with Gasteiger partial charge in [-0.2, -0.15) is 17.7 Å². The number of carbonyl (C=O) groups is 1. The molecule has 0 aliphatic carbocycles. The van der Waals surface area contributed by atoms with Crippen molar-refractivity contribution in [3.63, 3.8) is 0 Å². The van der Waals surface area contributed by atoms with Gasteiger partial charge in [-0.15, -0.1) is 0 Å². The van der Waals surface area contributed by atoms with Gasteiger partial charge in [0.2, 0.25) is 0 Å². The van der Waals surface area contributed by atoms with Crippen LogP contribution in [0.4, 0.5) is 0 Å². The summed E-state index contributed by atoms with van der Waals surface area (Å²) in [5.74, 6) is -0.902. The van der Waals surface area contributed by atoms with Crippen molar-refractivity contribution in [2.75, 3.05) is 12.9 Å². The largest absolute Gasteiger partial charge is 0.480 e. The van der Waals surface area contributed by atoms with Crippen LogP contribution in [0.25, 0.3) is 0 Å². The molecule has 1 atom stereocenters. The first-order chi connectivity index (χ1) is 13.7. The fourth-order valence-electron chi connectivity index (χ4n) is 3.67. The molecule has 0 fully saturated rings. The van der Waals surface area contributed by atoms with Crippen molar-refractivity contribution < 1.29 is 14.7 Å². The number of aliphatic carboxylic acids is 1.